The fraction of sp³-hybridized carbons (Fsp3) is 0.368. The van der Waals surface area contributed by atoms with E-state index in [1.807, 2.05) is 42.5 Å². The van der Waals surface area contributed by atoms with Crippen LogP contribution in [0.4, 0.5) is 5.69 Å². The quantitative estimate of drug-likeness (QED) is 0.900. The summed E-state index contributed by atoms with van der Waals surface area (Å²) in [5.74, 6) is 0.396. The molecule has 1 heterocycles. The number of para-hydroxylation sites is 1. The minimum Gasteiger partial charge on any atom is -0.381 e. The Morgan fingerprint density at radius 2 is 1.71 bits per heavy atom. The standard InChI is InChI=1S/C19H24N2O2S/c1-15(2)16-8-10-19(11-9-16)24(22,23)21-13-12-18(14-21)20-17-6-4-3-5-7-17/h3-11,15,18,20H,12-14H2,1-2H3. The average Bonchev–Trinajstić information content (AvgIpc) is 3.05. The van der Waals surface area contributed by atoms with Crippen LogP contribution < -0.4 is 5.32 Å². The maximum atomic E-state index is 12.8. The van der Waals surface area contributed by atoms with Crippen LogP contribution in [0.1, 0.15) is 31.7 Å². The maximum absolute atomic E-state index is 12.8. The van der Waals surface area contributed by atoms with E-state index in [1.165, 1.54) is 0 Å². The Morgan fingerprint density at radius 3 is 2.33 bits per heavy atom. The third kappa shape index (κ3) is 3.62. The van der Waals surface area contributed by atoms with Crippen LogP contribution in [0.5, 0.6) is 0 Å². The van der Waals surface area contributed by atoms with Crippen molar-refractivity contribution in [3.63, 3.8) is 0 Å². The molecule has 1 aliphatic rings. The molecule has 2 aromatic rings. The smallest absolute Gasteiger partial charge is 0.243 e. The second kappa shape index (κ2) is 6.95. The Labute approximate surface area is 144 Å². The number of benzene rings is 2. The lowest BCUT2D eigenvalue weighted by Gasteiger charge is -2.18. The monoisotopic (exact) mass is 344 g/mol. The third-order valence-corrected chi connectivity index (χ3v) is 6.36. The zero-order valence-corrected chi connectivity index (χ0v) is 15.0. The number of rotatable bonds is 5. The maximum Gasteiger partial charge on any atom is 0.243 e. The first-order valence-corrected chi connectivity index (χ1v) is 9.82. The van der Waals surface area contributed by atoms with Gasteiger partial charge in [0.25, 0.3) is 0 Å². The summed E-state index contributed by atoms with van der Waals surface area (Å²) in [6.45, 7) is 5.26. The van der Waals surface area contributed by atoms with Gasteiger partial charge in [0.15, 0.2) is 0 Å². The molecule has 128 valence electrons. The van der Waals surface area contributed by atoms with Gasteiger partial charge >= 0.3 is 0 Å². The molecule has 4 nitrogen and oxygen atoms in total. The van der Waals surface area contributed by atoms with Crippen molar-refractivity contribution < 1.29 is 8.42 Å². The third-order valence-electron chi connectivity index (χ3n) is 4.48. The Hall–Kier alpha value is -1.85. The summed E-state index contributed by atoms with van der Waals surface area (Å²) >= 11 is 0. The molecule has 0 amide bonds. The highest BCUT2D eigenvalue weighted by atomic mass is 32.2. The molecular weight excluding hydrogens is 320 g/mol. The Bertz CT molecular complexity index is 771. The number of anilines is 1. The number of nitrogens with zero attached hydrogens (tertiary/aromatic N) is 1. The molecule has 3 rings (SSSR count). The average molecular weight is 344 g/mol. The predicted octanol–water partition coefficient (Wildman–Crippen LogP) is 3.69. The first-order chi connectivity index (χ1) is 11.5. The lowest BCUT2D eigenvalue weighted by molar-refractivity contribution is 0.474. The molecule has 1 saturated heterocycles. The van der Waals surface area contributed by atoms with Crippen molar-refractivity contribution in [1.82, 2.24) is 4.31 Å². The second-order valence-electron chi connectivity index (χ2n) is 6.58. The molecule has 0 aromatic heterocycles. The van der Waals surface area contributed by atoms with Gasteiger partial charge in [0.05, 0.1) is 4.90 Å². The zero-order chi connectivity index (χ0) is 17.2. The van der Waals surface area contributed by atoms with Crippen molar-refractivity contribution >= 4 is 15.7 Å². The molecular formula is C19H24N2O2S. The largest absolute Gasteiger partial charge is 0.381 e. The van der Waals surface area contributed by atoms with E-state index in [0.29, 0.717) is 23.9 Å². The molecule has 24 heavy (non-hydrogen) atoms. The van der Waals surface area contributed by atoms with E-state index in [0.717, 1.165) is 17.7 Å². The molecule has 0 radical (unpaired) electrons. The summed E-state index contributed by atoms with van der Waals surface area (Å²) in [5.41, 5.74) is 2.18. The molecule has 0 bridgehead atoms. The van der Waals surface area contributed by atoms with Gasteiger partial charge < -0.3 is 5.32 Å². The van der Waals surface area contributed by atoms with Gasteiger partial charge in [-0.3, -0.25) is 0 Å². The highest BCUT2D eigenvalue weighted by molar-refractivity contribution is 7.89. The van der Waals surface area contributed by atoms with Crippen LogP contribution in [0.3, 0.4) is 0 Å². The normalized spacial score (nSPS) is 18.9. The summed E-state index contributed by atoms with van der Waals surface area (Å²) in [6, 6.07) is 17.3. The van der Waals surface area contributed by atoms with Crippen LogP contribution in [0.2, 0.25) is 0 Å². The fourth-order valence-corrected chi connectivity index (χ4v) is 4.51. The zero-order valence-electron chi connectivity index (χ0n) is 14.1. The Balaban J connectivity index is 1.69. The first kappa shape index (κ1) is 17.0. The van der Waals surface area contributed by atoms with Crippen LogP contribution in [-0.2, 0) is 10.0 Å². The van der Waals surface area contributed by atoms with Crippen molar-refractivity contribution in [3.8, 4) is 0 Å². The van der Waals surface area contributed by atoms with Crippen LogP contribution in [0.25, 0.3) is 0 Å². The van der Waals surface area contributed by atoms with E-state index in [2.05, 4.69) is 19.2 Å². The van der Waals surface area contributed by atoms with Crippen LogP contribution >= 0.6 is 0 Å². The molecule has 2 aromatic carbocycles. The number of hydrogen-bond donors (Lipinski definition) is 1. The molecule has 1 atom stereocenters. The van der Waals surface area contributed by atoms with Gasteiger partial charge in [0.1, 0.15) is 0 Å². The summed E-state index contributed by atoms with van der Waals surface area (Å²) in [6.07, 6.45) is 0.818. The predicted molar refractivity (Wildman–Crippen MR) is 97.8 cm³/mol. The van der Waals surface area contributed by atoms with Crippen molar-refractivity contribution in [2.75, 3.05) is 18.4 Å². The summed E-state index contributed by atoms with van der Waals surface area (Å²) < 4.78 is 27.2. The van der Waals surface area contributed by atoms with Crippen LogP contribution in [0, 0.1) is 0 Å². The number of nitrogens with one attached hydrogen (secondary N) is 1. The minimum atomic E-state index is -3.41. The van der Waals surface area contributed by atoms with E-state index in [-0.39, 0.29) is 6.04 Å². The summed E-state index contributed by atoms with van der Waals surface area (Å²) in [4.78, 5) is 0.382. The van der Waals surface area contributed by atoms with Crippen LogP contribution in [0.15, 0.2) is 59.5 Å². The van der Waals surface area contributed by atoms with Gasteiger partial charge in [-0.05, 0) is 42.2 Å². The molecule has 1 fully saturated rings. The van der Waals surface area contributed by atoms with Gasteiger partial charge in [-0.15, -0.1) is 0 Å². The molecule has 0 saturated carbocycles. The van der Waals surface area contributed by atoms with Gasteiger partial charge in [-0.1, -0.05) is 44.2 Å². The SMILES string of the molecule is CC(C)c1ccc(S(=O)(=O)N2CCC(Nc3ccccc3)C2)cc1. The molecule has 0 spiro atoms. The molecule has 0 aliphatic carbocycles. The second-order valence-corrected chi connectivity index (χ2v) is 8.52. The lowest BCUT2D eigenvalue weighted by atomic mass is 10.0. The van der Waals surface area contributed by atoms with E-state index >= 15 is 0 Å². The van der Waals surface area contributed by atoms with E-state index in [1.54, 1.807) is 16.4 Å². The Kier molecular flexibility index (Phi) is 4.92. The molecule has 1 N–H and O–H groups in total. The lowest BCUT2D eigenvalue weighted by Crippen LogP contribution is -2.31. The van der Waals surface area contributed by atoms with Crippen molar-refractivity contribution in [2.24, 2.45) is 0 Å². The minimum absolute atomic E-state index is 0.150. The molecule has 5 heteroatoms. The highest BCUT2D eigenvalue weighted by Gasteiger charge is 2.32. The van der Waals surface area contributed by atoms with Crippen LogP contribution in [-0.4, -0.2) is 31.9 Å². The topological polar surface area (TPSA) is 49.4 Å². The van der Waals surface area contributed by atoms with Gasteiger partial charge in [0.2, 0.25) is 10.0 Å². The summed E-state index contributed by atoms with van der Waals surface area (Å²) in [7, 11) is -3.41. The first-order valence-electron chi connectivity index (χ1n) is 8.38. The van der Waals surface area contributed by atoms with E-state index in [9.17, 15) is 8.42 Å². The molecule has 1 unspecified atom stereocenters. The van der Waals surface area contributed by atoms with Gasteiger partial charge in [-0.25, -0.2) is 8.42 Å². The van der Waals surface area contributed by atoms with Crippen molar-refractivity contribution in [1.29, 1.82) is 0 Å². The Morgan fingerprint density at radius 1 is 1.04 bits per heavy atom. The highest BCUT2D eigenvalue weighted by Crippen LogP contribution is 2.24. The van der Waals surface area contributed by atoms with Gasteiger partial charge in [-0.2, -0.15) is 4.31 Å². The number of hydrogen-bond acceptors (Lipinski definition) is 3. The van der Waals surface area contributed by atoms with Crippen molar-refractivity contribution in [2.45, 2.75) is 37.1 Å². The summed E-state index contributed by atoms with van der Waals surface area (Å²) in [5, 5.41) is 3.41. The van der Waals surface area contributed by atoms with E-state index < -0.39 is 10.0 Å². The van der Waals surface area contributed by atoms with Crippen molar-refractivity contribution in [3.05, 3.63) is 60.2 Å². The van der Waals surface area contributed by atoms with Gasteiger partial charge in [0, 0.05) is 24.8 Å². The number of sulfonamides is 1. The molecule has 1 aliphatic heterocycles. The van der Waals surface area contributed by atoms with E-state index in [4.69, 9.17) is 0 Å². The fourth-order valence-electron chi connectivity index (χ4n) is 3.01.